The number of halogens is 1. The van der Waals surface area contributed by atoms with Gasteiger partial charge in [-0.3, -0.25) is 4.98 Å². The normalized spacial score (nSPS) is 12.5. The Bertz CT molecular complexity index is 1010. The Kier molecular flexibility index (Phi) is 7.95. The Morgan fingerprint density at radius 3 is 2.54 bits per heavy atom. The molecule has 0 aliphatic carbocycles. The maximum atomic E-state index is 12.6. The van der Waals surface area contributed by atoms with Crippen LogP contribution in [-0.4, -0.2) is 32.5 Å². The minimum Gasteiger partial charge on any atom is -0.315 e. The van der Waals surface area contributed by atoms with Crippen molar-refractivity contribution in [3.8, 4) is 0 Å². The molecular formula is C21H26ClN3O2S. The number of hydrogen-bond acceptors (Lipinski definition) is 4. The van der Waals surface area contributed by atoms with Gasteiger partial charge in [0.2, 0.25) is 10.0 Å². The van der Waals surface area contributed by atoms with Crippen molar-refractivity contribution in [2.45, 2.75) is 31.2 Å². The second-order valence-corrected chi connectivity index (χ2v) is 8.56. The van der Waals surface area contributed by atoms with Gasteiger partial charge in [0.1, 0.15) is 0 Å². The first-order chi connectivity index (χ1) is 12.9. The van der Waals surface area contributed by atoms with E-state index in [2.05, 4.69) is 46.2 Å². The van der Waals surface area contributed by atoms with Crippen molar-refractivity contribution in [3.05, 3.63) is 72.1 Å². The molecule has 7 heteroatoms. The molecule has 28 heavy (non-hydrogen) atoms. The Morgan fingerprint density at radius 2 is 1.79 bits per heavy atom. The lowest BCUT2D eigenvalue weighted by molar-refractivity contribution is 0.537. The van der Waals surface area contributed by atoms with E-state index in [-0.39, 0.29) is 23.3 Å². The van der Waals surface area contributed by atoms with Crippen LogP contribution in [0.3, 0.4) is 0 Å². The van der Waals surface area contributed by atoms with Crippen LogP contribution in [0.25, 0.3) is 10.8 Å². The fraction of sp³-hybridized carbons (Fsp3) is 0.286. The van der Waals surface area contributed by atoms with E-state index < -0.39 is 10.0 Å². The molecule has 0 fully saturated rings. The molecular weight excluding hydrogens is 394 g/mol. The summed E-state index contributed by atoms with van der Waals surface area (Å²) in [6, 6.07) is 15.1. The van der Waals surface area contributed by atoms with Crippen molar-refractivity contribution in [3.63, 3.8) is 0 Å². The SMILES string of the molecule is Cc1ccc(CCNC[C@@H](C)NS(=O)(=O)c2ccc3cnccc3c2)cc1.Cl. The summed E-state index contributed by atoms with van der Waals surface area (Å²) >= 11 is 0. The first kappa shape index (κ1) is 22.3. The van der Waals surface area contributed by atoms with Crippen LogP contribution in [0.5, 0.6) is 0 Å². The zero-order valence-corrected chi connectivity index (χ0v) is 17.7. The Hall–Kier alpha value is -1.99. The van der Waals surface area contributed by atoms with E-state index in [4.69, 9.17) is 0 Å². The van der Waals surface area contributed by atoms with E-state index in [1.165, 1.54) is 11.1 Å². The number of aromatic nitrogens is 1. The van der Waals surface area contributed by atoms with Crippen LogP contribution < -0.4 is 10.0 Å². The van der Waals surface area contributed by atoms with Crippen LogP contribution in [0, 0.1) is 6.92 Å². The summed E-state index contributed by atoms with van der Waals surface area (Å²) in [6.07, 6.45) is 4.30. The summed E-state index contributed by atoms with van der Waals surface area (Å²) in [6.45, 7) is 5.31. The average Bonchev–Trinajstić information content (AvgIpc) is 2.66. The highest BCUT2D eigenvalue weighted by Gasteiger charge is 2.17. The first-order valence-corrected chi connectivity index (χ1v) is 10.5. The summed E-state index contributed by atoms with van der Waals surface area (Å²) in [4.78, 5) is 4.32. The van der Waals surface area contributed by atoms with Gasteiger partial charge in [0, 0.05) is 30.4 Å². The van der Waals surface area contributed by atoms with Gasteiger partial charge in [-0.2, -0.15) is 0 Å². The van der Waals surface area contributed by atoms with Gasteiger partial charge in [0.05, 0.1) is 4.90 Å². The fourth-order valence-corrected chi connectivity index (χ4v) is 4.19. The Balaban J connectivity index is 0.00000280. The molecule has 0 saturated heterocycles. The third-order valence-corrected chi connectivity index (χ3v) is 6.03. The van der Waals surface area contributed by atoms with Gasteiger partial charge >= 0.3 is 0 Å². The third-order valence-electron chi connectivity index (χ3n) is 4.44. The fourth-order valence-electron chi connectivity index (χ4n) is 2.91. The number of fused-ring (bicyclic) bond motifs is 1. The van der Waals surface area contributed by atoms with Crippen molar-refractivity contribution in [2.24, 2.45) is 0 Å². The van der Waals surface area contributed by atoms with Gasteiger partial charge in [0.15, 0.2) is 0 Å². The molecule has 5 nitrogen and oxygen atoms in total. The molecule has 3 rings (SSSR count). The Morgan fingerprint density at radius 1 is 1.04 bits per heavy atom. The van der Waals surface area contributed by atoms with Crippen molar-refractivity contribution in [1.82, 2.24) is 15.0 Å². The smallest absolute Gasteiger partial charge is 0.240 e. The molecule has 1 aromatic heterocycles. The number of rotatable bonds is 8. The first-order valence-electron chi connectivity index (χ1n) is 9.06. The van der Waals surface area contributed by atoms with Gasteiger partial charge < -0.3 is 5.32 Å². The average molecular weight is 420 g/mol. The molecule has 0 amide bonds. The van der Waals surface area contributed by atoms with Crippen LogP contribution in [0.1, 0.15) is 18.1 Å². The molecule has 2 aromatic carbocycles. The molecule has 2 N–H and O–H groups in total. The van der Waals surface area contributed by atoms with E-state index in [0.717, 1.165) is 23.7 Å². The van der Waals surface area contributed by atoms with Crippen molar-refractivity contribution < 1.29 is 8.42 Å². The third kappa shape index (κ3) is 6.01. The second-order valence-electron chi connectivity index (χ2n) is 6.85. The van der Waals surface area contributed by atoms with Gasteiger partial charge in [-0.05, 0) is 56.0 Å². The molecule has 0 spiro atoms. The highest BCUT2D eigenvalue weighted by molar-refractivity contribution is 7.89. The van der Waals surface area contributed by atoms with Gasteiger partial charge in [-0.15, -0.1) is 12.4 Å². The van der Waals surface area contributed by atoms with Crippen molar-refractivity contribution in [1.29, 1.82) is 0 Å². The van der Waals surface area contributed by atoms with Gasteiger partial charge in [0.25, 0.3) is 0 Å². The Labute approximate surface area is 173 Å². The molecule has 1 heterocycles. The van der Waals surface area contributed by atoms with E-state index in [0.29, 0.717) is 6.54 Å². The zero-order valence-electron chi connectivity index (χ0n) is 16.1. The van der Waals surface area contributed by atoms with Crippen molar-refractivity contribution >= 4 is 33.2 Å². The standard InChI is InChI=1S/C21H25N3O2S.ClH/c1-16-3-5-18(6-4-16)9-11-22-14-17(2)24-27(25,26)21-8-7-20-15-23-12-10-19(20)13-21;/h3-8,10,12-13,15,17,22,24H,9,11,14H2,1-2H3;1H/t17-;/m1./s1. The number of benzene rings is 2. The zero-order chi connectivity index (χ0) is 19.3. The highest BCUT2D eigenvalue weighted by Crippen LogP contribution is 2.18. The minimum atomic E-state index is -3.56. The van der Waals surface area contributed by atoms with Crippen molar-refractivity contribution in [2.75, 3.05) is 13.1 Å². The number of nitrogens with zero attached hydrogens (tertiary/aromatic N) is 1. The molecule has 1 atom stereocenters. The minimum absolute atomic E-state index is 0. The largest absolute Gasteiger partial charge is 0.315 e. The van der Waals surface area contributed by atoms with Crippen LogP contribution in [-0.2, 0) is 16.4 Å². The molecule has 0 saturated carbocycles. The predicted octanol–water partition coefficient (Wildman–Crippen LogP) is 3.46. The summed E-state index contributed by atoms with van der Waals surface area (Å²) in [5.41, 5.74) is 2.52. The predicted molar refractivity (Wildman–Crippen MR) is 117 cm³/mol. The van der Waals surface area contributed by atoms with Crippen LogP contribution in [0.4, 0.5) is 0 Å². The monoisotopic (exact) mass is 419 g/mol. The lowest BCUT2D eigenvalue weighted by Gasteiger charge is -2.15. The number of pyridine rings is 1. The van der Waals surface area contributed by atoms with Crippen LogP contribution in [0.2, 0.25) is 0 Å². The molecule has 0 aliphatic heterocycles. The topological polar surface area (TPSA) is 71.1 Å². The van der Waals surface area contributed by atoms with Gasteiger partial charge in [-0.1, -0.05) is 35.9 Å². The van der Waals surface area contributed by atoms with Crippen LogP contribution >= 0.6 is 12.4 Å². The van der Waals surface area contributed by atoms with Gasteiger partial charge in [-0.25, -0.2) is 13.1 Å². The summed E-state index contributed by atoms with van der Waals surface area (Å²) in [5, 5.41) is 5.09. The van der Waals surface area contributed by atoms with Crippen LogP contribution in [0.15, 0.2) is 65.8 Å². The number of hydrogen-bond donors (Lipinski definition) is 2. The lowest BCUT2D eigenvalue weighted by atomic mass is 10.1. The highest BCUT2D eigenvalue weighted by atomic mass is 35.5. The number of sulfonamides is 1. The molecule has 0 aliphatic rings. The maximum Gasteiger partial charge on any atom is 0.240 e. The number of aryl methyl sites for hydroxylation is 1. The lowest BCUT2D eigenvalue weighted by Crippen LogP contribution is -2.40. The van der Waals surface area contributed by atoms with E-state index >= 15 is 0 Å². The quantitative estimate of drug-likeness (QED) is 0.548. The summed E-state index contributed by atoms with van der Waals surface area (Å²) in [7, 11) is -3.56. The molecule has 3 aromatic rings. The summed E-state index contributed by atoms with van der Waals surface area (Å²) < 4.78 is 28.0. The number of nitrogens with one attached hydrogen (secondary N) is 2. The molecule has 0 bridgehead atoms. The second kappa shape index (κ2) is 9.98. The molecule has 150 valence electrons. The van der Waals surface area contributed by atoms with E-state index in [1.54, 1.807) is 30.6 Å². The maximum absolute atomic E-state index is 12.6. The molecule has 0 radical (unpaired) electrons. The summed E-state index contributed by atoms with van der Waals surface area (Å²) in [5.74, 6) is 0. The van der Waals surface area contributed by atoms with E-state index in [1.807, 2.05) is 13.0 Å². The van der Waals surface area contributed by atoms with E-state index in [9.17, 15) is 8.42 Å². The molecule has 0 unspecified atom stereocenters.